The van der Waals surface area contributed by atoms with Crippen molar-refractivity contribution < 1.29 is 29.2 Å². The Morgan fingerprint density at radius 3 is 2.08 bits per heavy atom. The lowest BCUT2D eigenvalue weighted by atomic mass is 10.1. The van der Waals surface area contributed by atoms with Gasteiger partial charge in [-0.15, -0.1) is 0 Å². The van der Waals surface area contributed by atoms with Gasteiger partial charge < -0.3 is 44.0 Å². The zero-order valence-corrected chi connectivity index (χ0v) is 26.8. The van der Waals surface area contributed by atoms with Crippen LogP contribution in [0.4, 0.5) is 0 Å². The van der Waals surface area contributed by atoms with E-state index in [1.165, 1.54) is 0 Å². The number of ether oxygens (including phenoxy) is 4. The van der Waals surface area contributed by atoms with Crippen molar-refractivity contribution in [2.75, 3.05) is 40.0 Å². The summed E-state index contributed by atoms with van der Waals surface area (Å²) in [5.41, 5.74) is 3.97. The van der Waals surface area contributed by atoms with Gasteiger partial charge in [-0.05, 0) is 48.5 Å². The fourth-order valence-electron chi connectivity index (χ4n) is 6.31. The Hall–Kier alpha value is -5.22. The van der Waals surface area contributed by atoms with E-state index in [9.17, 15) is 10.2 Å². The highest BCUT2D eigenvalue weighted by Gasteiger charge is 2.19. The molecular weight excluding hydrogens is 606 g/mol. The summed E-state index contributed by atoms with van der Waals surface area (Å²) in [5.74, 6) is 2.78. The maximum absolute atomic E-state index is 11.3. The number of H-pyrrole nitrogens is 1. The molecule has 48 heavy (non-hydrogen) atoms. The molecule has 0 saturated heterocycles. The van der Waals surface area contributed by atoms with Gasteiger partial charge in [0.2, 0.25) is 0 Å². The largest absolute Gasteiger partial charge is 0.493 e. The van der Waals surface area contributed by atoms with E-state index in [0.29, 0.717) is 43.5 Å². The summed E-state index contributed by atoms with van der Waals surface area (Å²) >= 11 is 0. The number of aromatic amines is 1. The number of methoxy groups -OCH3 is 1. The van der Waals surface area contributed by atoms with Gasteiger partial charge in [0.15, 0.2) is 11.5 Å². The first-order valence-electron chi connectivity index (χ1n) is 16.2. The predicted molar refractivity (Wildman–Crippen MR) is 190 cm³/mol. The van der Waals surface area contributed by atoms with Crippen molar-refractivity contribution in [3.05, 3.63) is 109 Å². The second-order valence-corrected chi connectivity index (χ2v) is 11.8. The first kappa shape index (κ1) is 31.4. The molecule has 0 fully saturated rings. The first-order valence-corrected chi connectivity index (χ1v) is 16.2. The predicted octanol–water partition coefficient (Wildman–Crippen LogP) is 6.29. The molecule has 2 aromatic heterocycles. The average molecular weight is 646 g/mol. The third kappa shape index (κ3) is 6.48. The number of benzene rings is 5. The molecule has 0 aliphatic carbocycles. The summed E-state index contributed by atoms with van der Waals surface area (Å²) in [6, 6.07) is 35.6. The summed E-state index contributed by atoms with van der Waals surface area (Å²) in [7, 11) is 1.61. The van der Waals surface area contributed by atoms with Crippen LogP contribution in [0.15, 0.2) is 109 Å². The van der Waals surface area contributed by atoms with Crippen LogP contribution in [-0.2, 0) is 6.54 Å². The minimum atomic E-state index is -0.770. The maximum Gasteiger partial charge on any atom is 0.161 e. The summed E-state index contributed by atoms with van der Waals surface area (Å²) in [6.45, 7) is 1.93. The summed E-state index contributed by atoms with van der Waals surface area (Å²) in [6.07, 6.45) is -1.49. The number of nitrogens with one attached hydrogen (secondary N) is 2. The zero-order chi connectivity index (χ0) is 32.9. The number of aliphatic hydroxyl groups excluding tert-OH is 2. The molecule has 0 unspecified atom stereocenters. The van der Waals surface area contributed by atoms with E-state index in [2.05, 4.69) is 27.0 Å². The fourth-order valence-corrected chi connectivity index (χ4v) is 6.31. The van der Waals surface area contributed by atoms with Crippen LogP contribution in [-0.4, -0.2) is 72.0 Å². The molecule has 7 aromatic rings. The molecule has 9 heteroatoms. The molecule has 0 spiro atoms. The van der Waals surface area contributed by atoms with E-state index in [4.69, 9.17) is 18.9 Å². The highest BCUT2D eigenvalue weighted by molar-refractivity contribution is 6.11. The lowest BCUT2D eigenvalue weighted by Gasteiger charge is -2.16. The highest BCUT2D eigenvalue weighted by Crippen LogP contribution is 2.37. The molecule has 0 aliphatic heterocycles. The number of hydrogen-bond acceptors (Lipinski definition) is 7. The van der Waals surface area contributed by atoms with E-state index in [1.54, 1.807) is 7.11 Å². The topological polar surface area (TPSA) is 110 Å². The van der Waals surface area contributed by atoms with E-state index in [-0.39, 0.29) is 13.2 Å². The molecule has 0 saturated carbocycles. The molecule has 0 bridgehead atoms. The molecule has 0 aliphatic rings. The number of para-hydroxylation sites is 4. The fraction of sp³-hybridized carbons (Fsp3) is 0.231. The van der Waals surface area contributed by atoms with E-state index >= 15 is 0 Å². The number of rotatable bonds is 15. The highest BCUT2D eigenvalue weighted by atomic mass is 16.5. The van der Waals surface area contributed by atoms with Crippen molar-refractivity contribution >= 4 is 43.6 Å². The van der Waals surface area contributed by atoms with Gasteiger partial charge in [-0.2, -0.15) is 0 Å². The van der Waals surface area contributed by atoms with Crippen LogP contribution in [0.3, 0.4) is 0 Å². The lowest BCUT2D eigenvalue weighted by molar-refractivity contribution is 0.0952. The minimum absolute atomic E-state index is 0.120. The molecule has 7 rings (SSSR count). The third-order valence-electron chi connectivity index (χ3n) is 8.49. The monoisotopic (exact) mass is 645 g/mol. The van der Waals surface area contributed by atoms with Crippen molar-refractivity contribution in [1.29, 1.82) is 0 Å². The van der Waals surface area contributed by atoms with Gasteiger partial charge in [0.05, 0.1) is 24.7 Å². The van der Waals surface area contributed by atoms with Gasteiger partial charge in [-0.25, -0.2) is 0 Å². The number of hydrogen-bond donors (Lipinski definition) is 4. The Morgan fingerprint density at radius 2 is 1.25 bits per heavy atom. The molecule has 2 heterocycles. The molecule has 2 atom stereocenters. The van der Waals surface area contributed by atoms with E-state index < -0.39 is 12.2 Å². The minimum Gasteiger partial charge on any atom is -0.493 e. The molecule has 0 amide bonds. The van der Waals surface area contributed by atoms with Crippen molar-refractivity contribution in [1.82, 2.24) is 14.9 Å². The molecule has 9 nitrogen and oxygen atoms in total. The van der Waals surface area contributed by atoms with Crippen LogP contribution < -0.4 is 24.3 Å². The Balaban J connectivity index is 1.00. The van der Waals surface area contributed by atoms with Gasteiger partial charge in [0.1, 0.15) is 43.5 Å². The Labute approximate surface area is 278 Å². The molecule has 5 aromatic carbocycles. The van der Waals surface area contributed by atoms with Crippen LogP contribution in [0.25, 0.3) is 43.6 Å². The Bertz CT molecular complexity index is 2160. The first-order chi connectivity index (χ1) is 23.6. The smallest absolute Gasteiger partial charge is 0.161 e. The Kier molecular flexibility index (Phi) is 9.33. The SMILES string of the molecule is COc1ccccc1OCCNC[C@H](O)COc1cccc2c1c1ccccc1n2C[C@@H](O)COc1cccc2[nH]c3ccccc3c12. The average Bonchev–Trinajstić information content (AvgIpc) is 3.66. The van der Waals surface area contributed by atoms with Crippen LogP contribution in [0.5, 0.6) is 23.0 Å². The second-order valence-electron chi connectivity index (χ2n) is 11.8. The third-order valence-corrected chi connectivity index (χ3v) is 8.49. The van der Waals surface area contributed by atoms with Crippen molar-refractivity contribution in [2.45, 2.75) is 18.8 Å². The number of aromatic nitrogens is 2. The van der Waals surface area contributed by atoms with Crippen LogP contribution >= 0.6 is 0 Å². The Morgan fingerprint density at radius 1 is 0.625 bits per heavy atom. The standard InChI is InChI=1S/C39H39N3O6/c1-45-34-16-6-7-17-35(34)46-21-20-40-22-26(43)24-47-37-19-9-15-33-39(37)29-11-3-5-14-32(29)42(33)23-27(44)25-48-36-18-8-13-31-38(36)28-10-2-4-12-30(28)41-31/h2-19,26-27,40-41,43-44H,20-25H2,1H3/t26-,27+/m0/s1. The number of fused-ring (bicyclic) bond motifs is 6. The summed E-state index contributed by atoms with van der Waals surface area (Å²) < 4.78 is 25.7. The molecule has 246 valence electrons. The van der Waals surface area contributed by atoms with Crippen LogP contribution in [0.2, 0.25) is 0 Å². The van der Waals surface area contributed by atoms with E-state index in [0.717, 1.165) is 49.4 Å². The molecular formula is C39H39N3O6. The molecule has 4 N–H and O–H groups in total. The van der Waals surface area contributed by atoms with Crippen molar-refractivity contribution in [3.63, 3.8) is 0 Å². The lowest BCUT2D eigenvalue weighted by Crippen LogP contribution is -2.33. The van der Waals surface area contributed by atoms with Gasteiger partial charge in [-0.3, -0.25) is 0 Å². The molecule has 0 radical (unpaired) electrons. The normalized spacial score (nSPS) is 12.9. The van der Waals surface area contributed by atoms with E-state index in [1.807, 2.05) is 97.1 Å². The van der Waals surface area contributed by atoms with Gasteiger partial charge in [0, 0.05) is 45.7 Å². The van der Waals surface area contributed by atoms with Crippen molar-refractivity contribution in [3.8, 4) is 23.0 Å². The number of aliphatic hydroxyl groups is 2. The van der Waals surface area contributed by atoms with Crippen molar-refractivity contribution in [2.24, 2.45) is 0 Å². The second kappa shape index (κ2) is 14.3. The van der Waals surface area contributed by atoms with Gasteiger partial charge in [-0.1, -0.05) is 60.7 Å². The summed E-state index contributed by atoms with van der Waals surface area (Å²) in [5, 5.41) is 29.2. The maximum atomic E-state index is 11.3. The van der Waals surface area contributed by atoms with Gasteiger partial charge >= 0.3 is 0 Å². The summed E-state index contributed by atoms with van der Waals surface area (Å²) in [4.78, 5) is 3.44. The van der Waals surface area contributed by atoms with Gasteiger partial charge in [0.25, 0.3) is 0 Å². The van der Waals surface area contributed by atoms with Crippen LogP contribution in [0.1, 0.15) is 0 Å². The van der Waals surface area contributed by atoms with Crippen LogP contribution in [0, 0.1) is 0 Å². The number of nitrogens with zero attached hydrogens (tertiary/aromatic N) is 1. The quantitative estimate of drug-likeness (QED) is 0.0972. The zero-order valence-electron chi connectivity index (χ0n) is 26.8.